The number of nitrogens with two attached hydrogens (primary N) is 2. The monoisotopic (exact) mass is 282 g/mol. The van der Waals surface area contributed by atoms with Crippen LogP contribution in [-0.4, -0.2) is 18.4 Å². The number of primary amides is 1. The molecule has 6 heteroatoms. The van der Waals surface area contributed by atoms with E-state index in [1.54, 1.807) is 23.1 Å². The summed E-state index contributed by atoms with van der Waals surface area (Å²) in [6.45, 7) is 0.112. The number of nitrogen functional groups attached to an aromatic ring is 1. The van der Waals surface area contributed by atoms with Crippen LogP contribution in [0.25, 0.3) is 0 Å². The van der Waals surface area contributed by atoms with Crippen molar-refractivity contribution in [3.63, 3.8) is 0 Å². The number of hydrogen-bond acceptors (Lipinski definition) is 4. The molecule has 21 heavy (non-hydrogen) atoms. The average molecular weight is 282 g/mol. The number of nitrogens with one attached hydrogen (secondary N) is 1. The minimum Gasteiger partial charge on any atom is -0.399 e. The van der Waals surface area contributed by atoms with Gasteiger partial charge in [-0.05, 0) is 30.3 Å². The largest absolute Gasteiger partial charge is 0.399 e. The van der Waals surface area contributed by atoms with Gasteiger partial charge in [-0.15, -0.1) is 0 Å². The summed E-state index contributed by atoms with van der Waals surface area (Å²) in [5.41, 5.74) is 13.9. The third-order valence-electron chi connectivity index (χ3n) is 3.35. The second kappa shape index (κ2) is 4.82. The highest BCUT2D eigenvalue weighted by atomic mass is 16.2. The molecule has 5 N–H and O–H groups in total. The first-order valence-corrected chi connectivity index (χ1v) is 6.42. The molecule has 1 aliphatic heterocycles. The van der Waals surface area contributed by atoms with Crippen LogP contribution in [0.1, 0.15) is 10.4 Å². The van der Waals surface area contributed by atoms with Crippen molar-refractivity contribution in [3.8, 4) is 0 Å². The van der Waals surface area contributed by atoms with Crippen molar-refractivity contribution in [1.82, 2.24) is 0 Å². The first-order valence-electron chi connectivity index (χ1n) is 6.42. The average Bonchev–Trinajstić information content (AvgIpc) is 2.46. The van der Waals surface area contributed by atoms with Gasteiger partial charge in [0.05, 0.1) is 22.6 Å². The molecule has 0 aromatic heterocycles. The van der Waals surface area contributed by atoms with Gasteiger partial charge in [0.1, 0.15) is 6.54 Å². The zero-order chi connectivity index (χ0) is 15.0. The van der Waals surface area contributed by atoms with Crippen molar-refractivity contribution in [3.05, 3.63) is 48.0 Å². The second-order valence-electron chi connectivity index (χ2n) is 4.79. The molecule has 0 atom stereocenters. The summed E-state index contributed by atoms with van der Waals surface area (Å²) in [6, 6.07) is 12.3. The summed E-state index contributed by atoms with van der Waals surface area (Å²) in [4.78, 5) is 25.3. The Morgan fingerprint density at radius 1 is 1.14 bits per heavy atom. The van der Waals surface area contributed by atoms with Crippen LogP contribution >= 0.6 is 0 Å². The van der Waals surface area contributed by atoms with E-state index >= 15 is 0 Å². The Kier molecular flexibility index (Phi) is 2.98. The van der Waals surface area contributed by atoms with Gasteiger partial charge in [0.25, 0.3) is 5.91 Å². The molecular weight excluding hydrogens is 268 g/mol. The van der Waals surface area contributed by atoms with Crippen LogP contribution in [0.3, 0.4) is 0 Å². The van der Waals surface area contributed by atoms with E-state index in [9.17, 15) is 9.59 Å². The highest BCUT2D eigenvalue weighted by Crippen LogP contribution is 2.36. The molecule has 2 aromatic carbocycles. The van der Waals surface area contributed by atoms with E-state index < -0.39 is 5.91 Å². The van der Waals surface area contributed by atoms with E-state index in [0.717, 1.165) is 5.69 Å². The van der Waals surface area contributed by atoms with Crippen LogP contribution in [0.2, 0.25) is 0 Å². The molecule has 0 bridgehead atoms. The van der Waals surface area contributed by atoms with E-state index in [2.05, 4.69) is 5.32 Å². The lowest BCUT2D eigenvalue weighted by molar-refractivity contribution is -0.115. The standard InChI is InChI=1S/C15H14N4O2/c16-9-5-6-12(10(7-9)15(17)21)19-8-14(20)18-11-3-1-2-4-13(11)19/h1-7H,8,16H2,(H2,17,21)(H,18,20). The topological polar surface area (TPSA) is 101 Å². The summed E-state index contributed by atoms with van der Waals surface area (Å²) in [7, 11) is 0. The van der Waals surface area contributed by atoms with Crippen LogP contribution in [0.5, 0.6) is 0 Å². The Labute approximate surface area is 121 Å². The molecule has 1 heterocycles. The maximum Gasteiger partial charge on any atom is 0.250 e. The third-order valence-corrected chi connectivity index (χ3v) is 3.35. The fraction of sp³-hybridized carbons (Fsp3) is 0.0667. The summed E-state index contributed by atoms with van der Waals surface area (Å²) in [5.74, 6) is -0.735. The molecule has 2 aromatic rings. The van der Waals surface area contributed by atoms with E-state index in [4.69, 9.17) is 11.5 Å². The molecule has 0 unspecified atom stereocenters. The molecule has 0 fully saturated rings. The van der Waals surface area contributed by atoms with Crippen molar-refractivity contribution in [1.29, 1.82) is 0 Å². The number of hydrogen-bond donors (Lipinski definition) is 3. The van der Waals surface area contributed by atoms with Crippen molar-refractivity contribution in [2.75, 3.05) is 22.5 Å². The molecule has 0 radical (unpaired) electrons. The van der Waals surface area contributed by atoms with Crippen molar-refractivity contribution >= 4 is 34.6 Å². The summed E-state index contributed by atoms with van der Waals surface area (Å²) >= 11 is 0. The minimum atomic E-state index is -0.583. The zero-order valence-electron chi connectivity index (χ0n) is 11.2. The number of carbonyl (C=O) groups excluding carboxylic acids is 2. The molecule has 2 amide bonds. The number of amides is 2. The summed E-state index contributed by atoms with van der Waals surface area (Å²) < 4.78 is 0. The Morgan fingerprint density at radius 3 is 2.67 bits per heavy atom. The lowest BCUT2D eigenvalue weighted by Crippen LogP contribution is -2.36. The second-order valence-corrected chi connectivity index (χ2v) is 4.79. The number of para-hydroxylation sites is 2. The van der Waals surface area contributed by atoms with Crippen molar-refractivity contribution in [2.45, 2.75) is 0 Å². The number of anilines is 4. The Hall–Kier alpha value is -3.02. The molecule has 0 saturated carbocycles. The lowest BCUT2D eigenvalue weighted by atomic mass is 10.1. The molecule has 0 spiro atoms. The van der Waals surface area contributed by atoms with Gasteiger partial charge in [-0.3, -0.25) is 9.59 Å². The molecule has 106 valence electrons. The molecular formula is C15H14N4O2. The van der Waals surface area contributed by atoms with E-state index in [1.807, 2.05) is 18.2 Å². The molecule has 0 aliphatic carbocycles. The predicted octanol–water partition coefficient (Wildman–Crippen LogP) is 1.46. The number of rotatable bonds is 2. The first kappa shape index (κ1) is 13.0. The summed E-state index contributed by atoms with van der Waals surface area (Å²) in [5, 5.41) is 2.80. The maximum absolute atomic E-state index is 11.9. The van der Waals surface area contributed by atoms with Gasteiger partial charge < -0.3 is 21.7 Å². The molecule has 1 aliphatic rings. The Bertz CT molecular complexity index is 742. The van der Waals surface area contributed by atoms with Gasteiger partial charge in [-0.25, -0.2) is 0 Å². The van der Waals surface area contributed by atoms with Crippen LogP contribution in [0.15, 0.2) is 42.5 Å². The highest BCUT2D eigenvalue weighted by molar-refractivity contribution is 6.06. The normalized spacial score (nSPS) is 13.5. The van der Waals surface area contributed by atoms with E-state index in [-0.39, 0.29) is 12.5 Å². The van der Waals surface area contributed by atoms with Crippen molar-refractivity contribution < 1.29 is 9.59 Å². The Balaban J connectivity index is 2.17. The maximum atomic E-state index is 11.9. The van der Waals surface area contributed by atoms with Gasteiger partial charge in [0.2, 0.25) is 5.91 Å². The van der Waals surface area contributed by atoms with Crippen LogP contribution in [0, 0.1) is 0 Å². The number of nitrogens with zero attached hydrogens (tertiary/aromatic N) is 1. The van der Waals surface area contributed by atoms with Gasteiger partial charge in [0, 0.05) is 5.69 Å². The van der Waals surface area contributed by atoms with E-state index in [0.29, 0.717) is 22.6 Å². The highest BCUT2D eigenvalue weighted by Gasteiger charge is 2.25. The van der Waals surface area contributed by atoms with Crippen LogP contribution < -0.4 is 21.7 Å². The quantitative estimate of drug-likeness (QED) is 0.726. The minimum absolute atomic E-state index is 0.112. The number of carbonyl (C=O) groups is 2. The number of fused-ring (bicyclic) bond motifs is 1. The molecule has 3 rings (SSSR count). The zero-order valence-corrected chi connectivity index (χ0v) is 11.2. The lowest BCUT2D eigenvalue weighted by Gasteiger charge is -2.32. The van der Waals surface area contributed by atoms with E-state index in [1.165, 1.54) is 6.07 Å². The predicted molar refractivity (Wildman–Crippen MR) is 81.5 cm³/mol. The Morgan fingerprint density at radius 2 is 1.90 bits per heavy atom. The van der Waals surface area contributed by atoms with Crippen LogP contribution in [0.4, 0.5) is 22.7 Å². The van der Waals surface area contributed by atoms with Gasteiger partial charge >= 0.3 is 0 Å². The third kappa shape index (κ3) is 2.27. The van der Waals surface area contributed by atoms with Gasteiger partial charge in [-0.2, -0.15) is 0 Å². The van der Waals surface area contributed by atoms with Crippen LogP contribution in [-0.2, 0) is 4.79 Å². The smallest absolute Gasteiger partial charge is 0.250 e. The van der Waals surface area contributed by atoms with Gasteiger partial charge in [0.15, 0.2) is 0 Å². The first-order chi connectivity index (χ1) is 10.1. The molecule has 0 saturated heterocycles. The van der Waals surface area contributed by atoms with Gasteiger partial charge in [-0.1, -0.05) is 12.1 Å². The SMILES string of the molecule is NC(=O)c1cc(N)ccc1N1CC(=O)Nc2ccccc21. The molecule has 6 nitrogen and oxygen atoms in total. The summed E-state index contributed by atoms with van der Waals surface area (Å²) in [6.07, 6.45) is 0. The fourth-order valence-corrected chi connectivity index (χ4v) is 2.43. The number of benzene rings is 2. The van der Waals surface area contributed by atoms with Crippen molar-refractivity contribution in [2.24, 2.45) is 5.73 Å². The fourth-order valence-electron chi connectivity index (χ4n) is 2.43.